The first-order valence-corrected chi connectivity index (χ1v) is 14.9. The lowest BCUT2D eigenvalue weighted by Gasteiger charge is -2.16. The highest BCUT2D eigenvalue weighted by Crippen LogP contribution is 2.38. The van der Waals surface area contributed by atoms with Gasteiger partial charge in [-0.2, -0.15) is 0 Å². The molecular weight excluding hydrogens is 552 g/mol. The van der Waals surface area contributed by atoms with E-state index in [9.17, 15) is 9.59 Å². The van der Waals surface area contributed by atoms with Crippen LogP contribution in [0, 0.1) is 0 Å². The topological polar surface area (TPSA) is 43.4 Å². The SMILES string of the molecule is O=C(OC(=O)c1c(-c2cccc3ccccc23)ccc2ccccc12)c1c(-c2cccc3ccccc23)ccc2ccccc12. The second-order valence-corrected chi connectivity index (χ2v) is 11.1. The second kappa shape index (κ2) is 10.9. The van der Waals surface area contributed by atoms with E-state index in [0.717, 1.165) is 65.3 Å². The fourth-order valence-corrected chi connectivity index (χ4v) is 6.54. The Morgan fingerprint density at radius 1 is 0.311 bits per heavy atom. The Labute approximate surface area is 259 Å². The van der Waals surface area contributed by atoms with Crippen molar-refractivity contribution in [2.75, 3.05) is 0 Å². The molecule has 0 saturated carbocycles. The third kappa shape index (κ3) is 4.54. The maximum atomic E-state index is 14.3. The van der Waals surface area contributed by atoms with Crippen molar-refractivity contribution in [1.29, 1.82) is 0 Å². The summed E-state index contributed by atoms with van der Waals surface area (Å²) in [5, 5.41) is 7.40. The first-order chi connectivity index (χ1) is 22.2. The number of hydrogen-bond acceptors (Lipinski definition) is 3. The molecule has 0 saturated heterocycles. The number of fused-ring (bicyclic) bond motifs is 4. The normalized spacial score (nSPS) is 11.3. The van der Waals surface area contributed by atoms with Crippen molar-refractivity contribution < 1.29 is 14.3 Å². The van der Waals surface area contributed by atoms with Gasteiger partial charge in [-0.15, -0.1) is 0 Å². The van der Waals surface area contributed by atoms with Crippen LogP contribution in [0.3, 0.4) is 0 Å². The molecule has 45 heavy (non-hydrogen) atoms. The molecule has 0 N–H and O–H groups in total. The number of carbonyl (C=O) groups excluding carboxylic acids is 2. The van der Waals surface area contributed by atoms with Crippen LogP contribution in [0.1, 0.15) is 20.7 Å². The van der Waals surface area contributed by atoms with Crippen molar-refractivity contribution in [3.8, 4) is 22.3 Å². The van der Waals surface area contributed by atoms with Gasteiger partial charge in [-0.25, -0.2) is 9.59 Å². The second-order valence-electron chi connectivity index (χ2n) is 11.1. The standard InChI is InChI=1S/C42H26O3/c43-41(39-33-19-7-3-13-29(33)23-25-37(39)35-21-9-15-27-11-1-5-17-31(27)35)45-42(44)40-34-20-8-4-14-30(34)24-26-38(40)36-22-10-16-28-12-2-6-18-32(28)36/h1-26H. The first-order valence-electron chi connectivity index (χ1n) is 14.9. The zero-order valence-corrected chi connectivity index (χ0v) is 24.2. The van der Waals surface area contributed by atoms with E-state index in [1.54, 1.807) is 0 Å². The Kier molecular flexibility index (Phi) is 6.43. The molecule has 0 atom stereocenters. The van der Waals surface area contributed by atoms with Crippen molar-refractivity contribution >= 4 is 55.0 Å². The molecule has 3 nitrogen and oxygen atoms in total. The van der Waals surface area contributed by atoms with Crippen LogP contribution < -0.4 is 0 Å². The lowest BCUT2D eigenvalue weighted by molar-refractivity contribution is 0.0402. The molecule has 0 aliphatic heterocycles. The molecule has 0 aromatic heterocycles. The predicted octanol–water partition coefficient (Wildman–Crippen LogP) is 10.6. The van der Waals surface area contributed by atoms with E-state index in [0.29, 0.717) is 11.1 Å². The van der Waals surface area contributed by atoms with Gasteiger partial charge in [-0.3, -0.25) is 0 Å². The summed E-state index contributed by atoms with van der Waals surface area (Å²) in [6, 6.07) is 51.6. The van der Waals surface area contributed by atoms with E-state index < -0.39 is 11.9 Å². The quantitative estimate of drug-likeness (QED) is 0.154. The molecule has 0 radical (unpaired) electrons. The Bertz CT molecular complexity index is 2270. The van der Waals surface area contributed by atoms with Crippen LogP contribution in [0.4, 0.5) is 0 Å². The van der Waals surface area contributed by atoms with Crippen LogP contribution in [-0.4, -0.2) is 11.9 Å². The summed E-state index contributed by atoms with van der Waals surface area (Å²) < 4.78 is 5.91. The number of esters is 2. The van der Waals surface area contributed by atoms with E-state index in [1.807, 2.05) is 133 Å². The maximum Gasteiger partial charge on any atom is 0.347 e. The van der Waals surface area contributed by atoms with Gasteiger partial charge >= 0.3 is 11.9 Å². The summed E-state index contributed by atoms with van der Waals surface area (Å²) in [6.07, 6.45) is 0. The molecule has 0 spiro atoms. The van der Waals surface area contributed by atoms with Gasteiger partial charge in [0.05, 0.1) is 11.1 Å². The van der Waals surface area contributed by atoms with E-state index in [4.69, 9.17) is 4.74 Å². The van der Waals surface area contributed by atoms with Crippen LogP contribution in [0.5, 0.6) is 0 Å². The summed E-state index contributed by atoms with van der Waals surface area (Å²) in [5.41, 5.74) is 3.97. The van der Waals surface area contributed by atoms with Gasteiger partial charge in [0.25, 0.3) is 0 Å². The molecule has 8 rings (SSSR count). The van der Waals surface area contributed by atoms with Gasteiger partial charge in [-0.05, 0) is 65.3 Å². The average Bonchev–Trinajstić information content (AvgIpc) is 3.10. The molecule has 8 aromatic rings. The van der Waals surface area contributed by atoms with Gasteiger partial charge < -0.3 is 4.74 Å². The molecule has 0 heterocycles. The summed E-state index contributed by atoms with van der Waals surface area (Å²) in [5.74, 6) is -1.37. The molecule has 0 unspecified atom stereocenters. The first kappa shape index (κ1) is 26.6. The zero-order chi connectivity index (χ0) is 30.3. The Morgan fingerprint density at radius 2 is 0.644 bits per heavy atom. The molecule has 3 heteroatoms. The van der Waals surface area contributed by atoms with Crippen LogP contribution in [0.2, 0.25) is 0 Å². The number of carbonyl (C=O) groups is 2. The highest BCUT2D eigenvalue weighted by atomic mass is 16.6. The molecule has 0 amide bonds. The maximum absolute atomic E-state index is 14.3. The van der Waals surface area contributed by atoms with Crippen molar-refractivity contribution in [2.24, 2.45) is 0 Å². The van der Waals surface area contributed by atoms with E-state index in [-0.39, 0.29) is 0 Å². The van der Waals surface area contributed by atoms with Crippen LogP contribution >= 0.6 is 0 Å². The van der Waals surface area contributed by atoms with Crippen LogP contribution in [0.25, 0.3) is 65.3 Å². The molecule has 8 aromatic carbocycles. The van der Waals surface area contributed by atoms with Crippen LogP contribution in [0.15, 0.2) is 158 Å². The number of benzene rings is 8. The Morgan fingerprint density at radius 3 is 1.07 bits per heavy atom. The zero-order valence-electron chi connectivity index (χ0n) is 24.2. The molecular formula is C42H26O3. The summed E-state index contributed by atoms with van der Waals surface area (Å²) in [4.78, 5) is 28.7. The van der Waals surface area contributed by atoms with Crippen molar-refractivity contribution in [1.82, 2.24) is 0 Å². The largest absolute Gasteiger partial charge is 0.386 e. The smallest absolute Gasteiger partial charge is 0.347 e. The minimum Gasteiger partial charge on any atom is -0.386 e. The van der Waals surface area contributed by atoms with E-state index in [2.05, 4.69) is 24.3 Å². The number of hydrogen-bond donors (Lipinski definition) is 0. The summed E-state index contributed by atoms with van der Waals surface area (Å²) in [7, 11) is 0. The van der Waals surface area contributed by atoms with Crippen molar-refractivity contribution in [2.45, 2.75) is 0 Å². The minimum atomic E-state index is -0.684. The predicted molar refractivity (Wildman–Crippen MR) is 184 cm³/mol. The van der Waals surface area contributed by atoms with Gasteiger partial charge in [0.1, 0.15) is 0 Å². The third-order valence-corrected chi connectivity index (χ3v) is 8.61. The van der Waals surface area contributed by atoms with Crippen molar-refractivity contribution in [3.05, 3.63) is 169 Å². The minimum absolute atomic E-state index is 0.366. The van der Waals surface area contributed by atoms with Gasteiger partial charge in [-0.1, -0.05) is 158 Å². The summed E-state index contributed by atoms with van der Waals surface area (Å²) >= 11 is 0. The van der Waals surface area contributed by atoms with Gasteiger partial charge in [0.15, 0.2) is 0 Å². The number of rotatable bonds is 4. The molecule has 0 fully saturated rings. The van der Waals surface area contributed by atoms with E-state index >= 15 is 0 Å². The lowest BCUT2D eigenvalue weighted by atomic mass is 9.90. The molecule has 0 aliphatic carbocycles. The molecule has 212 valence electrons. The molecule has 0 bridgehead atoms. The van der Waals surface area contributed by atoms with Gasteiger partial charge in [0, 0.05) is 0 Å². The highest BCUT2D eigenvalue weighted by molar-refractivity contribution is 6.19. The third-order valence-electron chi connectivity index (χ3n) is 8.61. The fraction of sp³-hybridized carbons (Fsp3) is 0. The van der Waals surface area contributed by atoms with Gasteiger partial charge in [0.2, 0.25) is 0 Å². The Balaban J connectivity index is 1.31. The highest BCUT2D eigenvalue weighted by Gasteiger charge is 2.26. The fourth-order valence-electron chi connectivity index (χ4n) is 6.54. The van der Waals surface area contributed by atoms with E-state index in [1.165, 1.54) is 0 Å². The average molecular weight is 579 g/mol. The van der Waals surface area contributed by atoms with Crippen LogP contribution in [-0.2, 0) is 4.74 Å². The monoisotopic (exact) mass is 578 g/mol. The van der Waals surface area contributed by atoms with Crippen molar-refractivity contribution in [3.63, 3.8) is 0 Å². The number of ether oxygens (including phenoxy) is 1. The molecule has 0 aliphatic rings. The lowest BCUT2D eigenvalue weighted by Crippen LogP contribution is -2.15. The summed E-state index contributed by atoms with van der Waals surface area (Å²) in [6.45, 7) is 0. The Hall–Kier alpha value is -6.06.